The van der Waals surface area contributed by atoms with Crippen molar-refractivity contribution < 1.29 is 9.84 Å². The molecule has 0 aromatic heterocycles. The summed E-state index contributed by atoms with van der Waals surface area (Å²) in [4.78, 5) is 0. The minimum absolute atomic E-state index is 0.182. The topological polar surface area (TPSA) is 29.5 Å². The number of hydrogen-bond acceptors (Lipinski definition) is 2. The van der Waals surface area contributed by atoms with Crippen molar-refractivity contribution in [2.75, 3.05) is 13.2 Å². The third kappa shape index (κ3) is 3.21. The van der Waals surface area contributed by atoms with Gasteiger partial charge in [0.1, 0.15) is 5.75 Å². The molecule has 0 saturated heterocycles. The van der Waals surface area contributed by atoms with E-state index in [-0.39, 0.29) is 6.61 Å². The molecule has 0 radical (unpaired) electrons. The van der Waals surface area contributed by atoms with Gasteiger partial charge in [-0.25, -0.2) is 0 Å². The molecular formula is C9H13O2P. The molecule has 0 aliphatic heterocycles. The highest BCUT2D eigenvalue weighted by Crippen LogP contribution is 2.08. The average molecular weight is 184 g/mol. The highest BCUT2D eigenvalue weighted by molar-refractivity contribution is 7.27. The van der Waals surface area contributed by atoms with Crippen LogP contribution in [0.15, 0.2) is 24.3 Å². The molecule has 0 heterocycles. The molecule has 0 aliphatic carbocycles. The van der Waals surface area contributed by atoms with Crippen LogP contribution in [0.4, 0.5) is 0 Å². The Hall–Kier alpha value is -0.590. The van der Waals surface area contributed by atoms with E-state index in [1.165, 1.54) is 0 Å². The molecule has 12 heavy (non-hydrogen) atoms. The summed E-state index contributed by atoms with van der Waals surface area (Å²) in [5, 5.41) is 9.65. The number of rotatable bonds is 4. The van der Waals surface area contributed by atoms with Crippen LogP contribution in [0, 0.1) is 0 Å². The zero-order valence-corrected chi connectivity index (χ0v) is 8.02. The molecule has 1 unspecified atom stereocenters. The smallest absolute Gasteiger partial charge is 0.119 e. The van der Waals surface area contributed by atoms with Crippen molar-refractivity contribution in [1.82, 2.24) is 0 Å². The molecule has 0 fully saturated rings. The van der Waals surface area contributed by atoms with Gasteiger partial charge in [0, 0.05) is 13.0 Å². The lowest BCUT2D eigenvalue weighted by Gasteiger charge is -2.04. The van der Waals surface area contributed by atoms with E-state index in [0.29, 0.717) is 13.0 Å². The van der Waals surface area contributed by atoms with Crippen LogP contribution >= 0.6 is 9.24 Å². The third-order valence-corrected chi connectivity index (χ3v) is 1.84. The van der Waals surface area contributed by atoms with Crippen LogP contribution in [-0.2, 0) is 0 Å². The molecule has 0 amide bonds. The van der Waals surface area contributed by atoms with Gasteiger partial charge in [-0.3, -0.25) is 0 Å². The Morgan fingerprint density at radius 3 is 2.50 bits per heavy atom. The molecule has 0 spiro atoms. The molecule has 1 aromatic rings. The SMILES string of the molecule is OCCCOc1ccc(P)cc1. The van der Waals surface area contributed by atoms with Crippen molar-refractivity contribution in [3.8, 4) is 5.75 Å². The van der Waals surface area contributed by atoms with E-state index in [0.717, 1.165) is 11.1 Å². The first kappa shape index (κ1) is 9.50. The molecule has 0 aliphatic rings. The van der Waals surface area contributed by atoms with E-state index in [2.05, 4.69) is 9.24 Å². The first-order valence-electron chi connectivity index (χ1n) is 3.92. The minimum atomic E-state index is 0.182. The molecule has 66 valence electrons. The molecule has 1 atom stereocenters. The van der Waals surface area contributed by atoms with Gasteiger partial charge < -0.3 is 9.84 Å². The number of aliphatic hydroxyl groups is 1. The Morgan fingerprint density at radius 1 is 1.25 bits per heavy atom. The van der Waals surface area contributed by atoms with Gasteiger partial charge in [0.25, 0.3) is 0 Å². The summed E-state index contributed by atoms with van der Waals surface area (Å²) in [7, 11) is 2.61. The van der Waals surface area contributed by atoms with Gasteiger partial charge in [0.2, 0.25) is 0 Å². The van der Waals surface area contributed by atoms with E-state index in [4.69, 9.17) is 9.84 Å². The fraction of sp³-hybridized carbons (Fsp3) is 0.333. The van der Waals surface area contributed by atoms with Crippen LogP contribution in [-0.4, -0.2) is 18.3 Å². The van der Waals surface area contributed by atoms with Gasteiger partial charge in [0.05, 0.1) is 6.61 Å². The number of benzene rings is 1. The van der Waals surface area contributed by atoms with Crippen molar-refractivity contribution in [3.05, 3.63) is 24.3 Å². The summed E-state index contributed by atoms with van der Waals surface area (Å²) >= 11 is 0. The van der Waals surface area contributed by atoms with E-state index in [1.807, 2.05) is 24.3 Å². The first-order chi connectivity index (χ1) is 5.83. The molecule has 3 heteroatoms. The largest absolute Gasteiger partial charge is 0.494 e. The summed E-state index contributed by atoms with van der Waals surface area (Å²) in [6.07, 6.45) is 0.683. The zero-order chi connectivity index (χ0) is 8.81. The van der Waals surface area contributed by atoms with Gasteiger partial charge in [-0.1, -0.05) is 12.1 Å². The molecule has 1 N–H and O–H groups in total. The van der Waals surface area contributed by atoms with Crippen LogP contribution in [0.5, 0.6) is 5.75 Å². The van der Waals surface area contributed by atoms with Crippen molar-refractivity contribution in [2.24, 2.45) is 0 Å². The highest BCUT2D eigenvalue weighted by atomic mass is 31.0. The number of hydrogen-bond donors (Lipinski definition) is 1. The molecular weight excluding hydrogens is 171 g/mol. The monoisotopic (exact) mass is 184 g/mol. The van der Waals surface area contributed by atoms with Gasteiger partial charge in [-0.2, -0.15) is 0 Å². The van der Waals surface area contributed by atoms with E-state index < -0.39 is 0 Å². The summed E-state index contributed by atoms with van der Waals surface area (Å²) < 4.78 is 5.33. The Morgan fingerprint density at radius 2 is 1.92 bits per heavy atom. The van der Waals surface area contributed by atoms with Crippen molar-refractivity contribution in [3.63, 3.8) is 0 Å². The van der Waals surface area contributed by atoms with Gasteiger partial charge in [-0.15, -0.1) is 9.24 Å². The third-order valence-electron chi connectivity index (χ3n) is 1.45. The Balaban J connectivity index is 2.37. The summed E-state index contributed by atoms with van der Waals surface area (Å²) in [6.45, 7) is 0.758. The van der Waals surface area contributed by atoms with Crippen LogP contribution in [0.3, 0.4) is 0 Å². The molecule has 1 aromatic carbocycles. The van der Waals surface area contributed by atoms with Crippen molar-refractivity contribution in [2.45, 2.75) is 6.42 Å². The van der Waals surface area contributed by atoms with Crippen LogP contribution < -0.4 is 10.0 Å². The quantitative estimate of drug-likeness (QED) is 0.557. The first-order valence-corrected chi connectivity index (χ1v) is 4.50. The van der Waals surface area contributed by atoms with E-state index >= 15 is 0 Å². The normalized spacial score (nSPS) is 9.83. The molecule has 0 saturated carbocycles. The van der Waals surface area contributed by atoms with Gasteiger partial charge >= 0.3 is 0 Å². The second kappa shape index (κ2) is 5.13. The van der Waals surface area contributed by atoms with Gasteiger partial charge in [0.15, 0.2) is 0 Å². The second-order valence-electron chi connectivity index (χ2n) is 2.49. The predicted molar refractivity (Wildman–Crippen MR) is 53.0 cm³/mol. The fourth-order valence-corrected chi connectivity index (χ4v) is 1.01. The number of aliphatic hydroxyl groups excluding tert-OH is 1. The number of ether oxygens (including phenoxy) is 1. The van der Waals surface area contributed by atoms with E-state index in [1.54, 1.807) is 0 Å². The van der Waals surface area contributed by atoms with Crippen molar-refractivity contribution in [1.29, 1.82) is 0 Å². The molecule has 1 rings (SSSR count). The van der Waals surface area contributed by atoms with Crippen LogP contribution in [0.1, 0.15) is 6.42 Å². The van der Waals surface area contributed by atoms with Gasteiger partial charge in [-0.05, 0) is 17.4 Å². The minimum Gasteiger partial charge on any atom is -0.494 e. The lowest BCUT2D eigenvalue weighted by atomic mass is 10.3. The highest BCUT2D eigenvalue weighted by Gasteiger charge is 1.91. The summed E-state index contributed by atoms with van der Waals surface area (Å²) in [6, 6.07) is 7.78. The maximum Gasteiger partial charge on any atom is 0.119 e. The fourth-order valence-electron chi connectivity index (χ4n) is 0.819. The maximum absolute atomic E-state index is 8.51. The second-order valence-corrected chi connectivity index (χ2v) is 3.16. The maximum atomic E-state index is 8.51. The summed E-state index contributed by atoms with van der Waals surface area (Å²) in [5.41, 5.74) is 0. The van der Waals surface area contributed by atoms with Crippen LogP contribution in [0.25, 0.3) is 0 Å². The predicted octanol–water partition coefficient (Wildman–Crippen LogP) is 0.948. The lowest BCUT2D eigenvalue weighted by Crippen LogP contribution is -2.00. The van der Waals surface area contributed by atoms with E-state index in [9.17, 15) is 0 Å². The Kier molecular flexibility index (Phi) is 4.06. The Bertz CT molecular complexity index is 220. The van der Waals surface area contributed by atoms with Crippen molar-refractivity contribution >= 4 is 14.5 Å². The average Bonchev–Trinajstić information content (AvgIpc) is 2.09. The standard InChI is InChI=1S/C9H13O2P/c10-6-1-7-11-8-2-4-9(12)5-3-8/h2-5,10H,1,6-7,12H2. The lowest BCUT2D eigenvalue weighted by molar-refractivity contribution is 0.233. The summed E-state index contributed by atoms with van der Waals surface area (Å²) in [5.74, 6) is 0.856. The molecule has 0 bridgehead atoms. The Labute approximate surface area is 74.8 Å². The molecule has 2 nitrogen and oxygen atoms in total. The van der Waals surface area contributed by atoms with Crippen LogP contribution in [0.2, 0.25) is 0 Å². The zero-order valence-electron chi connectivity index (χ0n) is 6.86.